The normalized spacial score (nSPS) is 12.4. The van der Waals surface area contributed by atoms with Gasteiger partial charge in [-0.25, -0.2) is 18.4 Å². The second kappa shape index (κ2) is 9.32. The van der Waals surface area contributed by atoms with E-state index in [-0.39, 0.29) is 0 Å². The molecule has 0 fully saturated rings. The molecule has 0 aliphatic heterocycles. The van der Waals surface area contributed by atoms with Gasteiger partial charge in [-0.1, -0.05) is 26.0 Å². The summed E-state index contributed by atoms with van der Waals surface area (Å²) < 4.78 is 23.5. The summed E-state index contributed by atoms with van der Waals surface area (Å²) in [5, 5.41) is 9.72. The Balaban J connectivity index is 2.05. The molecule has 0 unspecified atom stereocenters. The number of hydrogen-bond acceptors (Lipinski definition) is 5. The summed E-state index contributed by atoms with van der Waals surface area (Å²) in [4.78, 5) is 9.58. The molecule has 0 aliphatic carbocycles. The third-order valence-corrected chi connectivity index (χ3v) is 6.35. The first kappa shape index (κ1) is 21.4. The number of rotatable bonds is 7. The van der Waals surface area contributed by atoms with Crippen LogP contribution in [0.25, 0.3) is 0 Å². The quantitative estimate of drug-likeness (QED) is 0.543. The Bertz CT molecular complexity index is 902. The lowest BCUT2D eigenvalue weighted by Crippen LogP contribution is -2.36. The van der Waals surface area contributed by atoms with Crippen molar-refractivity contribution in [2.45, 2.75) is 51.6 Å². The molecule has 148 valence electrons. The summed E-state index contributed by atoms with van der Waals surface area (Å²) in [5.41, 5.74) is 2.71. The summed E-state index contributed by atoms with van der Waals surface area (Å²) in [5.74, 6) is 1.14. The average molecular weight is 409 g/mol. The second-order valence-corrected chi connectivity index (χ2v) is 9.63. The van der Waals surface area contributed by atoms with Crippen molar-refractivity contribution in [3.8, 4) is 0 Å². The minimum Gasteiger partial charge on any atom is -0.357 e. The summed E-state index contributed by atoms with van der Waals surface area (Å²) in [6.45, 7) is 9.93. The molecule has 2 aromatic rings. The molecule has 0 bridgehead atoms. The Labute approximate surface area is 166 Å². The number of nitrogens with zero attached hydrogens (tertiary/aromatic N) is 2. The predicted molar refractivity (Wildman–Crippen MR) is 112 cm³/mol. The molecule has 1 heterocycles. The zero-order valence-electron chi connectivity index (χ0n) is 16.5. The van der Waals surface area contributed by atoms with E-state index in [1.54, 1.807) is 17.4 Å². The summed E-state index contributed by atoms with van der Waals surface area (Å²) >= 11 is 1.68. The lowest BCUT2D eigenvalue weighted by Gasteiger charge is -2.11. The molecule has 0 atom stereocenters. The monoisotopic (exact) mass is 408 g/mol. The predicted octanol–water partition coefficient (Wildman–Crippen LogP) is 3.23. The smallest absolute Gasteiger partial charge is 0.191 e. The van der Waals surface area contributed by atoms with Gasteiger partial charge in [-0.3, -0.25) is 0 Å². The maximum absolute atomic E-state index is 11.7. The number of aliphatic imine (C=N–C) groups is 1. The topological polar surface area (TPSA) is 83.5 Å². The van der Waals surface area contributed by atoms with Crippen LogP contribution in [0, 0.1) is 6.92 Å². The van der Waals surface area contributed by atoms with E-state index in [9.17, 15) is 8.42 Å². The van der Waals surface area contributed by atoms with E-state index in [2.05, 4.69) is 39.8 Å². The highest BCUT2D eigenvalue weighted by Gasteiger charge is 2.11. The Morgan fingerprint density at radius 2 is 2.04 bits per heavy atom. The van der Waals surface area contributed by atoms with Crippen LogP contribution >= 0.6 is 11.3 Å². The molecule has 8 heteroatoms. The lowest BCUT2D eigenvalue weighted by atomic mass is 10.1. The minimum atomic E-state index is -3.20. The van der Waals surface area contributed by atoms with E-state index < -0.39 is 9.84 Å². The van der Waals surface area contributed by atoms with Crippen LogP contribution in [0.3, 0.4) is 0 Å². The zero-order chi connectivity index (χ0) is 20.0. The first-order valence-electron chi connectivity index (χ1n) is 8.96. The summed E-state index contributed by atoms with van der Waals surface area (Å²) in [7, 11) is -3.20. The van der Waals surface area contributed by atoms with E-state index in [4.69, 9.17) is 0 Å². The van der Waals surface area contributed by atoms with Crippen molar-refractivity contribution in [1.29, 1.82) is 0 Å². The van der Waals surface area contributed by atoms with Gasteiger partial charge in [0.15, 0.2) is 15.8 Å². The highest BCUT2D eigenvalue weighted by atomic mass is 32.2. The van der Waals surface area contributed by atoms with E-state index in [1.165, 1.54) is 6.26 Å². The van der Waals surface area contributed by atoms with Gasteiger partial charge in [0.05, 0.1) is 28.7 Å². The Morgan fingerprint density at radius 3 is 2.59 bits per heavy atom. The van der Waals surface area contributed by atoms with Crippen molar-refractivity contribution < 1.29 is 8.42 Å². The molecule has 0 amide bonds. The molecular weight excluding hydrogens is 380 g/mol. The van der Waals surface area contributed by atoms with Gasteiger partial charge in [-0.2, -0.15) is 0 Å². The molecule has 0 aliphatic rings. The number of hydrogen-bond donors (Lipinski definition) is 2. The largest absolute Gasteiger partial charge is 0.357 e. The fourth-order valence-electron chi connectivity index (χ4n) is 2.58. The number of aromatic nitrogens is 1. The summed E-state index contributed by atoms with van der Waals surface area (Å²) in [6, 6.07) is 5.34. The molecular formula is C19H28N4O2S2. The third-order valence-electron chi connectivity index (χ3n) is 3.90. The minimum absolute atomic E-state index is 0.366. The van der Waals surface area contributed by atoms with Gasteiger partial charge in [-0.15, -0.1) is 11.3 Å². The van der Waals surface area contributed by atoms with E-state index in [1.807, 2.05) is 26.0 Å². The molecule has 27 heavy (non-hydrogen) atoms. The van der Waals surface area contributed by atoms with Crippen LogP contribution in [0.5, 0.6) is 0 Å². The van der Waals surface area contributed by atoms with E-state index in [0.717, 1.165) is 28.4 Å². The van der Waals surface area contributed by atoms with Crippen LogP contribution in [0.2, 0.25) is 0 Å². The highest BCUT2D eigenvalue weighted by molar-refractivity contribution is 7.90. The van der Waals surface area contributed by atoms with E-state index >= 15 is 0 Å². The van der Waals surface area contributed by atoms with Crippen LogP contribution in [0.15, 0.2) is 33.5 Å². The number of guanidine groups is 1. The van der Waals surface area contributed by atoms with Crippen LogP contribution in [0.4, 0.5) is 0 Å². The average Bonchev–Trinajstić information content (AvgIpc) is 3.05. The molecule has 1 aromatic heterocycles. The Kier molecular flexibility index (Phi) is 7.38. The number of benzene rings is 1. The standard InChI is InChI=1S/C19H28N4O2S2/c1-6-20-19(22-11-16-12-26-18(23-16)13(2)3)21-10-15-7-8-17(14(4)9-15)27(5,24)25/h7-9,12-13H,6,10-11H2,1-5H3,(H2,20,21,22). The molecule has 2 rings (SSSR count). The fourth-order valence-corrected chi connectivity index (χ4v) is 4.38. The number of sulfone groups is 1. The Morgan fingerprint density at radius 1 is 1.30 bits per heavy atom. The van der Waals surface area contributed by atoms with Crippen molar-refractivity contribution in [2.75, 3.05) is 12.8 Å². The highest BCUT2D eigenvalue weighted by Crippen LogP contribution is 2.19. The van der Waals surface area contributed by atoms with Gasteiger partial charge in [0.1, 0.15) is 0 Å². The van der Waals surface area contributed by atoms with Crippen molar-refractivity contribution >= 4 is 27.1 Å². The van der Waals surface area contributed by atoms with Gasteiger partial charge in [0.25, 0.3) is 0 Å². The van der Waals surface area contributed by atoms with Gasteiger partial charge in [-0.05, 0) is 31.0 Å². The van der Waals surface area contributed by atoms with Crippen LogP contribution < -0.4 is 10.6 Å². The van der Waals surface area contributed by atoms with Crippen LogP contribution in [-0.4, -0.2) is 32.2 Å². The van der Waals surface area contributed by atoms with Crippen LogP contribution in [-0.2, 0) is 22.9 Å². The molecule has 6 nitrogen and oxygen atoms in total. The molecule has 1 aromatic carbocycles. The molecule has 0 saturated heterocycles. The van der Waals surface area contributed by atoms with Gasteiger partial charge >= 0.3 is 0 Å². The fraction of sp³-hybridized carbons (Fsp3) is 0.474. The van der Waals surface area contributed by atoms with Gasteiger partial charge in [0, 0.05) is 24.1 Å². The van der Waals surface area contributed by atoms with Crippen molar-refractivity contribution in [3.63, 3.8) is 0 Å². The summed E-state index contributed by atoms with van der Waals surface area (Å²) in [6.07, 6.45) is 1.23. The van der Waals surface area contributed by atoms with Gasteiger partial charge in [0.2, 0.25) is 0 Å². The van der Waals surface area contributed by atoms with Crippen molar-refractivity contribution in [3.05, 3.63) is 45.4 Å². The first-order valence-corrected chi connectivity index (χ1v) is 11.7. The van der Waals surface area contributed by atoms with Gasteiger partial charge < -0.3 is 10.6 Å². The maximum atomic E-state index is 11.7. The van der Waals surface area contributed by atoms with E-state index in [0.29, 0.717) is 29.9 Å². The second-order valence-electron chi connectivity index (χ2n) is 6.75. The number of nitrogens with one attached hydrogen (secondary N) is 2. The SMILES string of the molecule is CCNC(=NCc1ccc(S(C)(=O)=O)c(C)c1)NCc1csc(C(C)C)n1. The molecule has 0 saturated carbocycles. The zero-order valence-corrected chi connectivity index (χ0v) is 18.2. The van der Waals surface area contributed by atoms with Crippen LogP contribution in [0.1, 0.15) is 48.5 Å². The maximum Gasteiger partial charge on any atom is 0.191 e. The third kappa shape index (κ3) is 6.32. The Hall–Kier alpha value is -1.93. The first-order chi connectivity index (χ1) is 12.7. The molecule has 0 spiro atoms. The van der Waals surface area contributed by atoms with Crippen molar-refractivity contribution in [1.82, 2.24) is 15.6 Å². The number of thiazole rings is 1. The van der Waals surface area contributed by atoms with Crippen molar-refractivity contribution in [2.24, 2.45) is 4.99 Å². The lowest BCUT2D eigenvalue weighted by molar-refractivity contribution is 0.601. The number of aryl methyl sites for hydroxylation is 1. The molecule has 0 radical (unpaired) electrons. The molecule has 2 N–H and O–H groups in total.